The van der Waals surface area contributed by atoms with E-state index >= 15 is 0 Å². The summed E-state index contributed by atoms with van der Waals surface area (Å²) in [6, 6.07) is 16.0. The summed E-state index contributed by atoms with van der Waals surface area (Å²) in [5, 5.41) is 5.74. The second-order valence-electron chi connectivity index (χ2n) is 8.16. The normalized spacial score (nSPS) is 15.8. The number of nitrogens with one attached hydrogen (secondary N) is 2. The maximum Gasteiger partial charge on any atom is 0.338 e. The van der Waals surface area contributed by atoms with Gasteiger partial charge in [-0.25, -0.2) is 4.79 Å². The Labute approximate surface area is 192 Å². The number of carbonyl (C=O) groups is 3. The average Bonchev–Trinajstić information content (AvgIpc) is 3.36. The van der Waals surface area contributed by atoms with E-state index in [0.29, 0.717) is 5.69 Å². The van der Waals surface area contributed by atoms with Crippen molar-refractivity contribution < 1.29 is 23.5 Å². The highest BCUT2D eigenvalue weighted by Gasteiger charge is 2.26. The van der Waals surface area contributed by atoms with Crippen molar-refractivity contribution in [2.45, 2.75) is 45.3 Å². The molecule has 1 aliphatic rings. The molecule has 170 valence electrons. The first-order chi connectivity index (χ1) is 15.9. The molecule has 1 aliphatic carbocycles. The smallest absolute Gasteiger partial charge is 0.338 e. The summed E-state index contributed by atoms with van der Waals surface area (Å²) in [6.45, 7) is 3.36. The van der Waals surface area contributed by atoms with Gasteiger partial charge in [0.1, 0.15) is 0 Å². The molecule has 7 heteroatoms. The highest BCUT2D eigenvalue weighted by Crippen LogP contribution is 2.29. The first-order valence-corrected chi connectivity index (χ1v) is 11.0. The molecule has 0 fully saturated rings. The summed E-state index contributed by atoms with van der Waals surface area (Å²) >= 11 is 0. The third kappa shape index (κ3) is 5.14. The van der Waals surface area contributed by atoms with Gasteiger partial charge in [0, 0.05) is 5.69 Å². The molecule has 4 rings (SSSR count). The maximum atomic E-state index is 12.7. The molecule has 1 aromatic heterocycles. The number of aryl methyl sites for hydroxylation is 2. The Morgan fingerprint density at radius 2 is 1.91 bits per heavy atom. The number of ether oxygens (including phenoxy) is 1. The molecule has 2 N–H and O–H groups in total. The van der Waals surface area contributed by atoms with Crippen LogP contribution in [0.25, 0.3) is 0 Å². The van der Waals surface area contributed by atoms with E-state index in [1.807, 2.05) is 25.1 Å². The lowest BCUT2D eigenvalue weighted by atomic mass is 9.87. The van der Waals surface area contributed by atoms with Crippen molar-refractivity contribution in [2.24, 2.45) is 0 Å². The minimum atomic E-state index is -0.964. The van der Waals surface area contributed by atoms with Gasteiger partial charge in [0.15, 0.2) is 11.9 Å². The molecule has 1 heterocycles. The summed E-state index contributed by atoms with van der Waals surface area (Å²) < 4.78 is 10.5. The molecule has 7 nitrogen and oxygen atoms in total. The number of esters is 1. The average molecular weight is 447 g/mol. The number of hydrogen-bond acceptors (Lipinski definition) is 5. The summed E-state index contributed by atoms with van der Waals surface area (Å²) in [5.74, 6) is -1.25. The van der Waals surface area contributed by atoms with Crippen molar-refractivity contribution in [1.82, 2.24) is 5.32 Å². The Morgan fingerprint density at radius 3 is 2.70 bits per heavy atom. The number of carbonyl (C=O) groups excluding carboxylic acids is 3. The molecule has 0 saturated heterocycles. The monoisotopic (exact) mass is 446 g/mol. The Balaban J connectivity index is 1.39. The summed E-state index contributed by atoms with van der Waals surface area (Å²) in [7, 11) is 0. The molecule has 3 aromatic rings. The van der Waals surface area contributed by atoms with Crippen LogP contribution in [-0.2, 0) is 16.0 Å². The lowest BCUT2D eigenvalue weighted by Gasteiger charge is -2.27. The first-order valence-electron chi connectivity index (χ1n) is 11.0. The second kappa shape index (κ2) is 9.73. The van der Waals surface area contributed by atoms with Crippen LogP contribution in [0.15, 0.2) is 65.3 Å². The van der Waals surface area contributed by atoms with Gasteiger partial charge in [0.25, 0.3) is 11.8 Å². The zero-order chi connectivity index (χ0) is 23.4. The number of amides is 2. The van der Waals surface area contributed by atoms with Crippen molar-refractivity contribution in [3.05, 3.63) is 88.9 Å². The maximum absolute atomic E-state index is 12.7. The van der Waals surface area contributed by atoms with Crippen molar-refractivity contribution in [2.75, 3.05) is 5.32 Å². The van der Waals surface area contributed by atoms with E-state index in [-0.39, 0.29) is 23.3 Å². The molecule has 2 atom stereocenters. The number of furan rings is 1. The lowest BCUT2D eigenvalue weighted by Crippen LogP contribution is -2.39. The standard InChI is InChI=1S/C26H26N2O5/c1-16-12-13-19(15-22(16)28-25(30)23-11-6-14-32-23)26(31)33-17(2)24(29)27-21-10-5-8-18-7-3-4-9-20(18)21/h3-4,6-7,9,11-15,17,21H,5,8,10H2,1-2H3,(H,27,29)(H,28,30). The van der Waals surface area contributed by atoms with E-state index < -0.39 is 18.0 Å². The molecule has 0 saturated carbocycles. The van der Waals surface area contributed by atoms with Gasteiger partial charge in [0.05, 0.1) is 17.9 Å². The predicted molar refractivity (Wildman–Crippen MR) is 123 cm³/mol. The molecule has 2 unspecified atom stereocenters. The van der Waals surface area contributed by atoms with E-state index in [9.17, 15) is 14.4 Å². The van der Waals surface area contributed by atoms with Crippen molar-refractivity contribution >= 4 is 23.5 Å². The quantitative estimate of drug-likeness (QED) is 0.540. The topological polar surface area (TPSA) is 97.6 Å². The number of benzene rings is 2. The van der Waals surface area contributed by atoms with E-state index in [1.165, 1.54) is 17.9 Å². The molecule has 2 amide bonds. The van der Waals surface area contributed by atoms with Crippen LogP contribution in [0.1, 0.15) is 63.4 Å². The first kappa shape index (κ1) is 22.3. The molecule has 0 spiro atoms. The van der Waals surface area contributed by atoms with Crippen LogP contribution < -0.4 is 10.6 Å². The van der Waals surface area contributed by atoms with Gasteiger partial charge in [-0.05, 0) is 74.1 Å². The SMILES string of the molecule is Cc1ccc(C(=O)OC(C)C(=O)NC2CCCc3ccccc32)cc1NC(=O)c1ccco1. The minimum Gasteiger partial charge on any atom is -0.459 e. The zero-order valence-electron chi connectivity index (χ0n) is 18.6. The van der Waals surface area contributed by atoms with E-state index in [2.05, 4.69) is 16.7 Å². The Kier molecular flexibility index (Phi) is 6.58. The second-order valence-corrected chi connectivity index (χ2v) is 8.16. The van der Waals surface area contributed by atoms with Crippen LogP contribution in [0, 0.1) is 6.92 Å². The van der Waals surface area contributed by atoms with Gasteiger partial charge in [-0.1, -0.05) is 30.3 Å². The number of rotatable bonds is 6. The largest absolute Gasteiger partial charge is 0.459 e. The van der Waals surface area contributed by atoms with Crippen LogP contribution >= 0.6 is 0 Å². The molecule has 0 aliphatic heterocycles. The van der Waals surface area contributed by atoms with Gasteiger partial charge >= 0.3 is 5.97 Å². The number of anilines is 1. The third-order valence-electron chi connectivity index (χ3n) is 5.81. The predicted octanol–water partition coefficient (Wildman–Crippen LogP) is 4.58. The Hall–Kier alpha value is -3.87. The number of fused-ring (bicyclic) bond motifs is 1. The molecule has 0 radical (unpaired) electrons. The van der Waals surface area contributed by atoms with Gasteiger partial charge in [-0.3, -0.25) is 9.59 Å². The van der Waals surface area contributed by atoms with Crippen LogP contribution in [0.3, 0.4) is 0 Å². The van der Waals surface area contributed by atoms with Crippen LogP contribution in [-0.4, -0.2) is 23.9 Å². The lowest BCUT2D eigenvalue weighted by molar-refractivity contribution is -0.130. The van der Waals surface area contributed by atoms with Crippen LogP contribution in [0.4, 0.5) is 5.69 Å². The number of hydrogen-bond donors (Lipinski definition) is 2. The van der Waals surface area contributed by atoms with Crippen LogP contribution in [0.5, 0.6) is 0 Å². The Morgan fingerprint density at radius 1 is 1.09 bits per heavy atom. The van der Waals surface area contributed by atoms with Crippen LogP contribution in [0.2, 0.25) is 0 Å². The fourth-order valence-electron chi connectivity index (χ4n) is 3.95. The van der Waals surface area contributed by atoms with Gasteiger partial charge in [0.2, 0.25) is 0 Å². The summed E-state index contributed by atoms with van der Waals surface area (Å²) in [6.07, 6.45) is 3.29. The summed E-state index contributed by atoms with van der Waals surface area (Å²) in [4.78, 5) is 37.7. The highest BCUT2D eigenvalue weighted by atomic mass is 16.5. The van der Waals surface area contributed by atoms with E-state index in [0.717, 1.165) is 30.4 Å². The fraction of sp³-hybridized carbons (Fsp3) is 0.269. The molecular formula is C26H26N2O5. The highest BCUT2D eigenvalue weighted by molar-refractivity contribution is 6.03. The molecule has 0 bridgehead atoms. The Bertz CT molecular complexity index is 1170. The van der Waals surface area contributed by atoms with Crippen molar-refractivity contribution in [1.29, 1.82) is 0 Å². The van der Waals surface area contributed by atoms with E-state index in [1.54, 1.807) is 31.2 Å². The fourth-order valence-corrected chi connectivity index (χ4v) is 3.95. The third-order valence-corrected chi connectivity index (χ3v) is 5.81. The van der Waals surface area contributed by atoms with Crippen molar-refractivity contribution in [3.8, 4) is 0 Å². The minimum absolute atomic E-state index is 0.0913. The molecular weight excluding hydrogens is 420 g/mol. The van der Waals surface area contributed by atoms with Gasteiger partial charge in [-0.2, -0.15) is 0 Å². The summed E-state index contributed by atoms with van der Waals surface area (Å²) in [5.41, 5.74) is 3.82. The van der Waals surface area contributed by atoms with E-state index in [4.69, 9.17) is 9.15 Å². The van der Waals surface area contributed by atoms with Gasteiger partial charge < -0.3 is 19.8 Å². The molecule has 2 aromatic carbocycles. The van der Waals surface area contributed by atoms with Crippen molar-refractivity contribution in [3.63, 3.8) is 0 Å². The molecule has 33 heavy (non-hydrogen) atoms. The van der Waals surface area contributed by atoms with Gasteiger partial charge in [-0.15, -0.1) is 0 Å². The zero-order valence-corrected chi connectivity index (χ0v) is 18.6.